The Morgan fingerprint density at radius 2 is 2.00 bits per heavy atom. The van der Waals surface area contributed by atoms with Gasteiger partial charge in [-0.25, -0.2) is 0 Å². The highest BCUT2D eigenvalue weighted by Crippen LogP contribution is 2.39. The summed E-state index contributed by atoms with van der Waals surface area (Å²) in [6.45, 7) is 4.87. The van der Waals surface area contributed by atoms with Crippen LogP contribution in [0.25, 0.3) is 0 Å². The third kappa shape index (κ3) is 2.69. The molecule has 0 spiro atoms. The van der Waals surface area contributed by atoms with Gasteiger partial charge in [-0.2, -0.15) is 0 Å². The zero-order chi connectivity index (χ0) is 14.9. The number of rotatable bonds is 4. The van der Waals surface area contributed by atoms with E-state index in [-0.39, 0.29) is 13.2 Å². The Labute approximate surface area is 123 Å². The van der Waals surface area contributed by atoms with Crippen molar-refractivity contribution in [2.75, 3.05) is 33.1 Å². The molecule has 1 aromatic rings. The van der Waals surface area contributed by atoms with E-state index in [4.69, 9.17) is 14.2 Å². The van der Waals surface area contributed by atoms with Crippen LogP contribution in [0.3, 0.4) is 0 Å². The van der Waals surface area contributed by atoms with Crippen LogP contribution in [0.5, 0.6) is 11.5 Å². The fourth-order valence-corrected chi connectivity index (χ4v) is 2.98. The molecule has 2 heterocycles. The fourth-order valence-electron chi connectivity index (χ4n) is 2.98. The summed E-state index contributed by atoms with van der Waals surface area (Å²) < 4.78 is 16.1. The lowest BCUT2D eigenvalue weighted by Crippen LogP contribution is -2.50. The second-order valence-corrected chi connectivity index (χ2v) is 5.51. The SMILES string of the molecule is CC(CC(=O)O)(c1ccc2c(c1)OCO2)N1CCOCC1. The van der Waals surface area contributed by atoms with Crippen molar-refractivity contribution in [2.45, 2.75) is 18.9 Å². The van der Waals surface area contributed by atoms with Gasteiger partial charge in [-0.1, -0.05) is 6.07 Å². The number of carbonyl (C=O) groups is 1. The first-order valence-electron chi connectivity index (χ1n) is 7.04. The zero-order valence-corrected chi connectivity index (χ0v) is 12.0. The van der Waals surface area contributed by atoms with E-state index in [1.54, 1.807) is 0 Å². The van der Waals surface area contributed by atoms with Gasteiger partial charge in [0.15, 0.2) is 11.5 Å². The summed E-state index contributed by atoms with van der Waals surface area (Å²) in [7, 11) is 0. The van der Waals surface area contributed by atoms with Gasteiger partial charge in [0.05, 0.1) is 25.2 Å². The molecule has 6 heteroatoms. The van der Waals surface area contributed by atoms with Gasteiger partial charge < -0.3 is 19.3 Å². The van der Waals surface area contributed by atoms with Gasteiger partial charge in [-0.3, -0.25) is 9.69 Å². The molecular weight excluding hydrogens is 274 g/mol. The number of morpholine rings is 1. The van der Waals surface area contributed by atoms with Crippen molar-refractivity contribution in [1.82, 2.24) is 4.90 Å². The van der Waals surface area contributed by atoms with Gasteiger partial charge in [-0.05, 0) is 24.6 Å². The number of carboxylic acids is 1. The van der Waals surface area contributed by atoms with E-state index in [2.05, 4.69) is 4.90 Å². The van der Waals surface area contributed by atoms with Crippen molar-refractivity contribution in [3.8, 4) is 11.5 Å². The predicted octanol–water partition coefficient (Wildman–Crippen LogP) is 1.44. The molecule has 0 aliphatic carbocycles. The normalized spacial score (nSPS) is 21.0. The van der Waals surface area contributed by atoms with Crippen molar-refractivity contribution in [1.29, 1.82) is 0 Å². The highest BCUT2D eigenvalue weighted by molar-refractivity contribution is 5.69. The smallest absolute Gasteiger partial charge is 0.305 e. The Hall–Kier alpha value is -1.79. The molecule has 1 saturated heterocycles. The Balaban J connectivity index is 1.95. The lowest BCUT2D eigenvalue weighted by atomic mass is 9.86. The molecule has 0 amide bonds. The third-order valence-corrected chi connectivity index (χ3v) is 4.20. The maximum atomic E-state index is 11.4. The van der Waals surface area contributed by atoms with Crippen molar-refractivity contribution >= 4 is 5.97 Å². The molecule has 6 nitrogen and oxygen atoms in total. The first-order chi connectivity index (χ1) is 10.1. The quantitative estimate of drug-likeness (QED) is 0.906. The molecule has 2 aliphatic heterocycles. The summed E-state index contributed by atoms with van der Waals surface area (Å²) in [6.07, 6.45) is 0.0344. The first-order valence-corrected chi connectivity index (χ1v) is 7.04. The number of aliphatic carboxylic acids is 1. The van der Waals surface area contributed by atoms with E-state index in [0.29, 0.717) is 24.7 Å². The van der Waals surface area contributed by atoms with Crippen molar-refractivity contribution < 1.29 is 24.1 Å². The average molecular weight is 293 g/mol. The van der Waals surface area contributed by atoms with Crippen LogP contribution in [0.15, 0.2) is 18.2 Å². The summed E-state index contributed by atoms with van der Waals surface area (Å²) >= 11 is 0. The molecule has 1 unspecified atom stereocenters. The van der Waals surface area contributed by atoms with E-state index in [0.717, 1.165) is 18.7 Å². The molecule has 1 atom stereocenters. The van der Waals surface area contributed by atoms with Gasteiger partial charge in [-0.15, -0.1) is 0 Å². The highest BCUT2D eigenvalue weighted by atomic mass is 16.7. The molecule has 0 aromatic heterocycles. The van der Waals surface area contributed by atoms with Crippen LogP contribution >= 0.6 is 0 Å². The van der Waals surface area contributed by atoms with Gasteiger partial charge in [0, 0.05) is 13.1 Å². The highest BCUT2D eigenvalue weighted by Gasteiger charge is 2.37. The number of hydrogen-bond acceptors (Lipinski definition) is 5. The van der Waals surface area contributed by atoms with Crippen molar-refractivity contribution in [2.24, 2.45) is 0 Å². The molecule has 2 aliphatic rings. The predicted molar refractivity (Wildman–Crippen MR) is 74.6 cm³/mol. The summed E-state index contributed by atoms with van der Waals surface area (Å²) in [4.78, 5) is 13.5. The molecule has 1 N–H and O–H groups in total. The lowest BCUT2D eigenvalue weighted by molar-refractivity contribution is -0.141. The molecule has 1 fully saturated rings. The van der Waals surface area contributed by atoms with Crippen LogP contribution in [0.1, 0.15) is 18.9 Å². The minimum atomic E-state index is -0.818. The number of benzene rings is 1. The Kier molecular flexibility index (Phi) is 3.73. The maximum absolute atomic E-state index is 11.4. The van der Waals surface area contributed by atoms with Crippen LogP contribution in [-0.4, -0.2) is 49.1 Å². The van der Waals surface area contributed by atoms with E-state index in [9.17, 15) is 9.90 Å². The molecule has 0 saturated carbocycles. The fraction of sp³-hybridized carbons (Fsp3) is 0.533. The van der Waals surface area contributed by atoms with Gasteiger partial charge in [0.25, 0.3) is 0 Å². The topological polar surface area (TPSA) is 68.2 Å². The number of hydrogen-bond donors (Lipinski definition) is 1. The molecule has 114 valence electrons. The van der Waals surface area contributed by atoms with Crippen LogP contribution in [0, 0.1) is 0 Å². The molecule has 1 aromatic carbocycles. The van der Waals surface area contributed by atoms with Gasteiger partial charge in [0.2, 0.25) is 6.79 Å². The summed E-state index contributed by atoms with van der Waals surface area (Å²) in [5.41, 5.74) is 0.340. The minimum absolute atomic E-state index is 0.0344. The standard InChI is InChI=1S/C15H19NO5/c1-15(9-14(17)18,16-4-6-19-7-5-16)11-2-3-12-13(8-11)21-10-20-12/h2-3,8H,4-7,9-10H2,1H3,(H,17,18). The van der Waals surface area contributed by atoms with Gasteiger partial charge >= 0.3 is 5.97 Å². The van der Waals surface area contributed by atoms with Crippen molar-refractivity contribution in [3.63, 3.8) is 0 Å². The molecule has 21 heavy (non-hydrogen) atoms. The molecule has 0 radical (unpaired) electrons. The molecule has 0 bridgehead atoms. The molecular formula is C15H19NO5. The van der Waals surface area contributed by atoms with E-state index >= 15 is 0 Å². The van der Waals surface area contributed by atoms with E-state index in [1.807, 2.05) is 25.1 Å². The Bertz CT molecular complexity index is 541. The summed E-state index contributed by atoms with van der Waals surface area (Å²) in [5, 5.41) is 9.32. The van der Waals surface area contributed by atoms with E-state index in [1.165, 1.54) is 0 Å². The van der Waals surface area contributed by atoms with Crippen LogP contribution in [-0.2, 0) is 15.1 Å². The van der Waals surface area contributed by atoms with Gasteiger partial charge in [0.1, 0.15) is 0 Å². The second-order valence-electron chi connectivity index (χ2n) is 5.51. The number of nitrogens with zero attached hydrogens (tertiary/aromatic N) is 1. The van der Waals surface area contributed by atoms with E-state index < -0.39 is 11.5 Å². The summed E-state index contributed by atoms with van der Waals surface area (Å²) in [6, 6.07) is 5.66. The number of carboxylic acid groups (broad SMARTS) is 1. The van der Waals surface area contributed by atoms with Crippen LogP contribution < -0.4 is 9.47 Å². The largest absolute Gasteiger partial charge is 0.481 e. The lowest BCUT2D eigenvalue weighted by Gasteiger charge is -2.43. The first kappa shape index (κ1) is 14.2. The minimum Gasteiger partial charge on any atom is -0.481 e. The van der Waals surface area contributed by atoms with Crippen molar-refractivity contribution in [3.05, 3.63) is 23.8 Å². The Morgan fingerprint density at radius 1 is 1.29 bits per heavy atom. The van der Waals surface area contributed by atoms with Crippen LogP contribution in [0.4, 0.5) is 0 Å². The number of fused-ring (bicyclic) bond motifs is 1. The third-order valence-electron chi connectivity index (χ3n) is 4.20. The average Bonchev–Trinajstić information content (AvgIpc) is 2.94. The van der Waals surface area contributed by atoms with Crippen LogP contribution in [0.2, 0.25) is 0 Å². The summed E-state index contributed by atoms with van der Waals surface area (Å²) in [5.74, 6) is 0.567. The Morgan fingerprint density at radius 3 is 2.71 bits per heavy atom. The molecule has 3 rings (SSSR count). The number of ether oxygens (including phenoxy) is 3. The maximum Gasteiger partial charge on any atom is 0.305 e. The zero-order valence-electron chi connectivity index (χ0n) is 12.0. The monoisotopic (exact) mass is 293 g/mol. The second kappa shape index (κ2) is 5.54.